The van der Waals surface area contributed by atoms with Crippen molar-refractivity contribution < 1.29 is 0 Å². The van der Waals surface area contributed by atoms with E-state index in [0.717, 1.165) is 35.8 Å². The monoisotopic (exact) mass is 280 g/mol. The summed E-state index contributed by atoms with van der Waals surface area (Å²) in [5, 5.41) is 2.86. The number of nitrogens with two attached hydrogens (primary N) is 1. The Morgan fingerprint density at radius 1 is 1.28 bits per heavy atom. The molecule has 2 rings (SSSR count). The first-order chi connectivity index (χ1) is 8.66. The molecule has 0 atom stereocenters. The first kappa shape index (κ1) is 13.4. The largest absolute Gasteiger partial charge is 0.398 e. The quantitative estimate of drug-likeness (QED) is 0.847. The number of thiophene rings is 1. The minimum atomic E-state index is 0.748. The van der Waals surface area contributed by atoms with Crippen LogP contribution in [-0.2, 0) is 13.0 Å². The molecule has 0 aliphatic rings. The van der Waals surface area contributed by atoms with Gasteiger partial charge in [0.15, 0.2) is 0 Å². The zero-order valence-electron chi connectivity index (χ0n) is 10.4. The Morgan fingerprint density at radius 3 is 2.78 bits per heavy atom. The van der Waals surface area contributed by atoms with Gasteiger partial charge in [-0.2, -0.15) is 0 Å². The molecule has 0 unspecified atom stereocenters. The minimum absolute atomic E-state index is 0.748. The molecule has 0 saturated carbocycles. The van der Waals surface area contributed by atoms with Crippen molar-refractivity contribution in [3.8, 4) is 0 Å². The van der Waals surface area contributed by atoms with Gasteiger partial charge < -0.3 is 10.6 Å². The second-order valence-electron chi connectivity index (χ2n) is 4.37. The van der Waals surface area contributed by atoms with Gasteiger partial charge in [-0.05, 0) is 37.0 Å². The number of hydrogen-bond acceptors (Lipinski definition) is 3. The maximum Gasteiger partial charge on any atom is 0.0471 e. The highest BCUT2D eigenvalue weighted by atomic mass is 35.5. The molecular formula is C14H17ClN2S. The maximum absolute atomic E-state index is 6.17. The molecule has 96 valence electrons. The Kier molecular flexibility index (Phi) is 4.64. The van der Waals surface area contributed by atoms with Gasteiger partial charge in [0.25, 0.3) is 0 Å². The van der Waals surface area contributed by atoms with E-state index in [1.165, 1.54) is 4.88 Å². The molecule has 0 radical (unpaired) electrons. The number of nitrogens with zero attached hydrogens (tertiary/aromatic N) is 1. The van der Waals surface area contributed by atoms with Gasteiger partial charge in [-0.3, -0.25) is 0 Å². The van der Waals surface area contributed by atoms with Gasteiger partial charge in [0.2, 0.25) is 0 Å². The van der Waals surface area contributed by atoms with E-state index < -0.39 is 0 Å². The zero-order valence-corrected chi connectivity index (χ0v) is 12.0. The fourth-order valence-corrected chi connectivity index (χ4v) is 2.79. The highest BCUT2D eigenvalue weighted by molar-refractivity contribution is 7.09. The second kappa shape index (κ2) is 6.23. The van der Waals surface area contributed by atoms with E-state index in [1.54, 1.807) is 11.3 Å². The summed E-state index contributed by atoms with van der Waals surface area (Å²) in [4.78, 5) is 3.66. The van der Waals surface area contributed by atoms with E-state index in [0.29, 0.717) is 0 Å². The van der Waals surface area contributed by atoms with Crippen LogP contribution in [0.15, 0.2) is 35.7 Å². The number of hydrogen-bond donors (Lipinski definition) is 1. The summed E-state index contributed by atoms with van der Waals surface area (Å²) in [7, 11) is 2.09. The molecule has 0 fully saturated rings. The van der Waals surface area contributed by atoms with Crippen molar-refractivity contribution in [1.29, 1.82) is 0 Å². The third kappa shape index (κ3) is 3.48. The lowest BCUT2D eigenvalue weighted by Crippen LogP contribution is -2.21. The highest BCUT2D eigenvalue weighted by Gasteiger charge is 2.08. The third-order valence-electron chi connectivity index (χ3n) is 2.90. The topological polar surface area (TPSA) is 29.3 Å². The SMILES string of the molecule is CN(CCc1cccs1)Cc1c(N)cccc1Cl. The molecule has 0 aliphatic heterocycles. The molecule has 1 aromatic carbocycles. The summed E-state index contributed by atoms with van der Waals surface area (Å²) in [6.07, 6.45) is 1.07. The fraction of sp³-hybridized carbons (Fsp3) is 0.286. The van der Waals surface area contributed by atoms with Crippen LogP contribution in [0.25, 0.3) is 0 Å². The fourth-order valence-electron chi connectivity index (χ4n) is 1.85. The van der Waals surface area contributed by atoms with Crippen LogP contribution in [-0.4, -0.2) is 18.5 Å². The Balaban J connectivity index is 1.92. The molecular weight excluding hydrogens is 264 g/mol. The molecule has 4 heteroatoms. The van der Waals surface area contributed by atoms with Gasteiger partial charge in [-0.1, -0.05) is 23.7 Å². The van der Waals surface area contributed by atoms with Crippen LogP contribution in [0.2, 0.25) is 5.02 Å². The summed E-state index contributed by atoms with van der Waals surface area (Å²) < 4.78 is 0. The van der Waals surface area contributed by atoms with Crippen LogP contribution in [0.4, 0.5) is 5.69 Å². The Bertz CT molecular complexity index is 476. The van der Waals surface area contributed by atoms with Crippen LogP contribution in [0.5, 0.6) is 0 Å². The number of benzene rings is 1. The third-order valence-corrected chi connectivity index (χ3v) is 4.19. The Morgan fingerprint density at radius 2 is 2.11 bits per heavy atom. The molecule has 18 heavy (non-hydrogen) atoms. The van der Waals surface area contributed by atoms with Gasteiger partial charge in [-0.25, -0.2) is 0 Å². The summed E-state index contributed by atoms with van der Waals surface area (Å²) in [6.45, 7) is 1.79. The van der Waals surface area contributed by atoms with Crippen molar-refractivity contribution in [3.05, 3.63) is 51.2 Å². The molecule has 1 heterocycles. The predicted octanol–water partition coefficient (Wildman–Crippen LogP) is 3.66. The Labute approximate surface area is 117 Å². The predicted molar refractivity (Wildman–Crippen MR) is 80.2 cm³/mol. The average Bonchev–Trinajstić information content (AvgIpc) is 2.84. The van der Waals surface area contributed by atoms with Crippen molar-refractivity contribution >= 4 is 28.6 Å². The summed E-state index contributed by atoms with van der Waals surface area (Å²) in [5.41, 5.74) is 7.74. The molecule has 0 amide bonds. The van der Waals surface area contributed by atoms with Crippen molar-refractivity contribution in [2.45, 2.75) is 13.0 Å². The molecule has 2 aromatic rings. The smallest absolute Gasteiger partial charge is 0.0471 e. The number of anilines is 1. The lowest BCUT2D eigenvalue weighted by molar-refractivity contribution is 0.332. The van der Waals surface area contributed by atoms with Crippen LogP contribution in [0.1, 0.15) is 10.4 Å². The van der Waals surface area contributed by atoms with Gasteiger partial charge in [0.1, 0.15) is 0 Å². The molecule has 0 bridgehead atoms. The van der Waals surface area contributed by atoms with Gasteiger partial charge >= 0.3 is 0 Å². The number of likely N-dealkylation sites (N-methyl/N-ethyl adjacent to an activating group) is 1. The summed E-state index contributed by atoms with van der Waals surface area (Å²) in [6, 6.07) is 9.93. The molecule has 0 aliphatic carbocycles. The standard InChI is InChI=1S/C14H17ClN2S/c1-17(8-7-11-4-3-9-18-11)10-12-13(15)5-2-6-14(12)16/h2-6,9H,7-8,10,16H2,1H3. The van der Waals surface area contributed by atoms with E-state index in [2.05, 4.69) is 29.5 Å². The van der Waals surface area contributed by atoms with Crippen molar-refractivity contribution in [2.75, 3.05) is 19.3 Å². The number of rotatable bonds is 5. The molecule has 2 nitrogen and oxygen atoms in total. The lowest BCUT2D eigenvalue weighted by Gasteiger charge is -2.18. The van der Waals surface area contributed by atoms with E-state index in [1.807, 2.05) is 18.2 Å². The highest BCUT2D eigenvalue weighted by Crippen LogP contribution is 2.23. The Hall–Kier alpha value is -1.03. The molecule has 2 N–H and O–H groups in total. The first-order valence-electron chi connectivity index (χ1n) is 5.90. The maximum atomic E-state index is 6.17. The van der Waals surface area contributed by atoms with Gasteiger partial charge in [0, 0.05) is 34.2 Å². The summed E-state index contributed by atoms with van der Waals surface area (Å²) >= 11 is 7.97. The molecule has 0 saturated heterocycles. The van der Waals surface area contributed by atoms with E-state index in [4.69, 9.17) is 17.3 Å². The van der Waals surface area contributed by atoms with Crippen molar-refractivity contribution in [3.63, 3.8) is 0 Å². The molecule has 0 spiro atoms. The van der Waals surface area contributed by atoms with Crippen molar-refractivity contribution in [2.24, 2.45) is 0 Å². The second-order valence-corrected chi connectivity index (χ2v) is 5.81. The zero-order chi connectivity index (χ0) is 13.0. The van der Waals surface area contributed by atoms with E-state index in [9.17, 15) is 0 Å². The van der Waals surface area contributed by atoms with Crippen LogP contribution in [0.3, 0.4) is 0 Å². The first-order valence-corrected chi connectivity index (χ1v) is 7.16. The van der Waals surface area contributed by atoms with Crippen LogP contribution >= 0.6 is 22.9 Å². The van der Waals surface area contributed by atoms with Crippen molar-refractivity contribution in [1.82, 2.24) is 4.90 Å². The van der Waals surface area contributed by atoms with Crippen LogP contribution in [0, 0.1) is 0 Å². The number of halogens is 1. The lowest BCUT2D eigenvalue weighted by atomic mass is 10.1. The van der Waals surface area contributed by atoms with Gasteiger partial charge in [-0.15, -0.1) is 11.3 Å². The average molecular weight is 281 g/mol. The molecule has 1 aromatic heterocycles. The minimum Gasteiger partial charge on any atom is -0.398 e. The van der Waals surface area contributed by atoms with E-state index >= 15 is 0 Å². The summed E-state index contributed by atoms with van der Waals surface area (Å²) in [5.74, 6) is 0. The van der Waals surface area contributed by atoms with Crippen LogP contribution < -0.4 is 5.73 Å². The van der Waals surface area contributed by atoms with E-state index in [-0.39, 0.29) is 0 Å². The van der Waals surface area contributed by atoms with Gasteiger partial charge in [0.05, 0.1) is 0 Å². The number of nitrogen functional groups attached to an aromatic ring is 1. The normalized spacial score (nSPS) is 11.1.